The fraction of sp³-hybridized carbons (Fsp3) is 0.500. The Morgan fingerprint density at radius 3 is 2.89 bits per heavy atom. The molecule has 1 aliphatic carbocycles. The van der Waals surface area contributed by atoms with E-state index in [0.717, 1.165) is 36.2 Å². The van der Waals surface area contributed by atoms with E-state index in [2.05, 4.69) is 4.99 Å². The van der Waals surface area contributed by atoms with Crippen LogP contribution >= 0.6 is 0 Å². The van der Waals surface area contributed by atoms with Crippen molar-refractivity contribution >= 4 is 17.7 Å². The van der Waals surface area contributed by atoms with Gasteiger partial charge >= 0.3 is 0 Å². The predicted molar refractivity (Wildman–Crippen MR) is 66.5 cm³/mol. The minimum atomic E-state index is -1.14. The van der Waals surface area contributed by atoms with Gasteiger partial charge in [0.1, 0.15) is 11.3 Å². The van der Waals surface area contributed by atoms with E-state index in [1.54, 1.807) is 13.1 Å². The molecule has 1 heterocycles. The van der Waals surface area contributed by atoms with E-state index in [0.29, 0.717) is 0 Å². The van der Waals surface area contributed by atoms with Gasteiger partial charge in [-0.3, -0.25) is 10.2 Å². The van der Waals surface area contributed by atoms with Crippen LogP contribution in [0, 0.1) is 22.3 Å². The first-order valence-corrected chi connectivity index (χ1v) is 5.88. The summed E-state index contributed by atoms with van der Waals surface area (Å²) < 4.78 is 0. The Bertz CT molecular complexity index is 513. The standard InChI is InChI=1S/C12H15N5O/c1-12(8-5-3-2-4-6-8)9(14)17(7-13)11(15)16-10(12)18/h5,14H,2-4,6H2,1H3,(H2,15,16,18). The fourth-order valence-corrected chi connectivity index (χ4v) is 2.39. The molecule has 1 aliphatic heterocycles. The largest absolute Gasteiger partial charge is 0.368 e. The minimum Gasteiger partial charge on any atom is -0.368 e. The number of aliphatic imine (C=N–C) groups is 1. The number of rotatable bonds is 1. The smallest absolute Gasteiger partial charge is 0.266 e. The lowest BCUT2D eigenvalue weighted by molar-refractivity contribution is -0.122. The van der Waals surface area contributed by atoms with E-state index < -0.39 is 11.3 Å². The summed E-state index contributed by atoms with van der Waals surface area (Å²) in [6.45, 7) is 1.65. The molecular weight excluding hydrogens is 230 g/mol. The quantitative estimate of drug-likeness (QED) is 0.533. The van der Waals surface area contributed by atoms with Crippen molar-refractivity contribution in [1.82, 2.24) is 4.90 Å². The van der Waals surface area contributed by atoms with Crippen LogP contribution in [0.2, 0.25) is 0 Å². The van der Waals surface area contributed by atoms with Gasteiger partial charge in [0.2, 0.25) is 5.96 Å². The molecule has 0 aromatic carbocycles. The third-order valence-electron chi connectivity index (χ3n) is 3.60. The van der Waals surface area contributed by atoms with Crippen LogP contribution in [0.3, 0.4) is 0 Å². The average Bonchev–Trinajstić information content (AvgIpc) is 2.38. The van der Waals surface area contributed by atoms with Crippen LogP contribution < -0.4 is 5.73 Å². The van der Waals surface area contributed by atoms with Gasteiger partial charge in [-0.25, -0.2) is 4.90 Å². The number of carbonyl (C=O) groups excluding carboxylic acids is 1. The summed E-state index contributed by atoms with van der Waals surface area (Å²) in [7, 11) is 0. The molecule has 0 saturated carbocycles. The van der Waals surface area contributed by atoms with Gasteiger partial charge in [-0.1, -0.05) is 11.6 Å². The maximum absolute atomic E-state index is 12.1. The molecule has 0 radical (unpaired) electrons. The second-order valence-electron chi connectivity index (χ2n) is 4.66. The zero-order valence-electron chi connectivity index (χ0n) is 10.2. The Morgan fingerprint density at radius 1 is 1.61 bits per heavy atom. The first-order chi connectivity index (χ1) is 8.51. The van der Waals surface area contributed by atoms with Crippen molar-refractivity contribution in [2.75, 3.05) is 0 Å². The lowest BCUT2D eigenvalue weighted by Gasteiger charge is -2.37. The molecule has 1 atom stereocenters. The third-order valence-corrected chi connectivity index (χ3v) is 3.60. The van der Waals surface area contributed by atoms with Gasteiger partial charge < -0.3 is 5.73 Å². The number of nitrogens with zero attached hydrogens (tertiary/aromatic N) is 3. The number of amidine groups is 1. The molecule has 2 rings (SSSR count). The Labute approximate surface area is 105 Å². The predicted octanol–water partition coefficient (Wildman–Crippen LogP) is 1.11. The number of nitriles is 1. The highest BCUT2D eigenvalue weighted by atomic mass is 16.2. The van der Waals surface area contributed by atoms with Crippen LogP contribution in [-0.2, 0) is 4.79 Å². The number of guanidine groups is 1. The maximum Gasteiger partial charge on any atom is 0.266 e. The van der Waals surface area contributed by atoms with E-state index in [9.17, 15) is 4.79 Å². The summed E-state index contributed by atoms with van der Waals surface area (Å²) >= 11 is 0. The van der Waals surface area contributed by atoms with Crippen molar-refractivity contribution in [3.05, 3.63) is 11.6 Å². The first-order valence-electron chi connectivity index (χ1n) is 5.88. The molecule has 0 saturated heterocycles. The molecule has 2 aliphatic rings. The monoisotopic (exact) mass is 245 g/mol. The number of allylic oxidation sites excluding steroid dienone is 1. The van der Waals surface area contributed by atoms with Crippen LogP contribution in [-0.4, -0.2) is 22.6 Å². The molecule has 6 nitrogen and oxygen atoms in total. The van der Waals surface area contributed by atoms with Gasteiger partial charge in [-0.05, 0) is 32.6 Å². The molecule has 0 fully saturated rings. The fourth-order valence-electron chi connectivity index (χ4n) is 2.39. The van der Waals surface area contributed by atoms with E-state index in [1.807, 2.05) is 6.08 Å². The number of hydrogen-bond donors (Lipinski definition) is 2. The SMILES string of the molecule is CC1(C2=CCCCC2)C(=N)N(C#N)C(N)=NC1=O. The Hall–Kier alpha value is -2.16. The number of hydrogen-bond acceptors (Lipinski definition) is 4. The zero-order chi connectivity index (χ0) is 13.3. The summed E-state index contributed by atoms with van der Waals surface area (Å²) in [5, 5.41) is 17.1. The molecule has 0 spiro atoms. The highest BCUT2D eigenvalue weighted by molar-refractivity contribution is 6.21. The Balaban J connectivity index is 2.49. The van der Waals surface area contributed by atoms with Crippen LogP contribution in [0.15, 0.2) is 16.6 Å². The highest BCUT2D eigenvalue weighted by Gasteiger charge is 2.48. The summed E-state index contributed by atoms with van der Waals surface area (Å²) in [5.74, 6) is -0.776. The van der Waals surface area contributed by atoms with Crippen LogP contribution in [0.25, 0.3) is 0 Å². The molecule has 0 bridgehead atoms. The van der Waals surface area contributed by atoms with Gasteiger partial charge in [0.15, 0.2) is 6.19 Å². The molecule has 0 aromatic heterocycles. The second-order valence-corrected chi connectivity index (χ2v) is 4.66. The number of amides is 1. The van der Waals surface area contributed by atoms with Gasteiger partial charge in [0, 0.05) is 0 Å². The maximum atomic E-state index is 12.1. The minimum absolute atomic E-state index is 0.101. The highest BCUT2D eigenvalue weighted by Crippen LogP contribution is 2.38. The summed E-state index contributed by atoms with van der Waals surface area (Å²) in [5.41, 5.74) is 5.23. The molecule has 1 amide bonds. The van der Waals surface area contributed by atoms with Crippen molar-refractivity contribution in [2.24, 2.45) is 16.1 Å². The van der Waals surface area contributed by atoms with Crippen molar-refractivity contribution in [3.8, 4) is 6.19 Å². The average molecular weight is 245 g/mol. The van der Waals surface area contributed by atoms with Gasteiger partial charge in [0.25, 0.3) is 5.91 Å². The van der Waals surface area contributed by atoms with Gasteiger partial charge in [-0.15, -0.1) is 0 Å². The van der Waals surface area contributed by atoms with Crippen LogP contribution in [0.1, 0.15) is 32.6 Å². The first kappa shape index (κ1) is 12.3. The van der Waals surface area contributed by atoms with Crippen molar-refractivity contribution in [3.63, 3.8) is 0 Å². The topological polar surface area (TPSA) is 106 Å². The lowest BCUT2D eigenvalue weighted by atomic mass is 9.74. The van der Waals surface area contributed by atoms with Crippen molar-refractivity contribution < 1.29 is 4.79 Å². The molecule has 6 heteroatoms. The van der Waals surface area contributed by atoms with E-state index in [4.69, 9.17) is 16.4 Å². The van der Waals surface area contributed by atoms with Crippen LogP contribution in [0.5, 0.6) is 0 Å². The molecule has 3 N–H and O–H groups in total. The lowest BCUT2D eigenvalue weighted by Crippen LogP contribution is -2.54. The summed E-state index contributed by atoms with van der Waals surface area (Å²) in [6.07, 6.45) is 7.53. The van der Waals surface area contributed by atoms with Crippen LogP contribution in [0.4, 0.5) is 0 Å². The number of nitrogens with two attached hydrogens (primary N) is 1. The van der Waals surface area contributed by atoms with E-state index in [1.165, 1.54) is 0 Å². The summed E-state index contributed by atoms with van der Waals surface area (Å²) in [6, 6.07) is 0. The summed E-state index contributed by atoms with van der Waals surface area (Å²) in [4.78, 5) is 16.7. The normalized spacial score (nSPS) is 28.6. The number of carbonyl (C=O) groups is 1. The Morgan fingerprint density at radius 2 is 2.33 bits per heavy atom. The van der Waals surface area contributed by atoms with E-state index >= 15 is 0 Å². The van der Waals surface area contributed by atoms with Gasteiger partial charge in [0.05, 0.1) is 0 Å². The number of nitrogens with one attached hydrogen (secondary N) is 1. The molecule has 0 aromatic rings. The third kappa shape index (κ3) is 1.59. The zero-order valence-corrected chi connectivity index (χ0v) is 10.2. The van der Waals surface area contributed by atoms with Crippen molar-refractivity contribution in [2.45, 2.75) is 32.6 Å². The van der Waals surface area contributed by atoms with Gasteiger partial charge in [-0.2, -0.15) is 10.3 Å². The molecule has 94 valence electrons. The van der Waals surface area contributed by atoms with Crippen molar-refractivity contribution in [1.29, 1.82) is 10.7 Å². The molecule has 18 heavy (non-hydrogen) atoms. The Kier molecular flexibility index (Phi) is 2.91. The second kappa shape index (κ2) is 4.26. The van der Waals surface area contributed by atoms with E-state index in [-0.39, 0.29) is 11.8 Å². The molecule has 1 unspecified atom stereocenters. The molecular formula is C12H15N5O.